The number of thiazole rings is 1. The van der Waals surface area contributed by atoms with Gasteiger partial charge in [-0.15, -0.1) is 0 Å². The number of hydrogen-bond donors (Lipinski definition) is 3. The van der Waals surface area contributed by atoms with E-state index in [4.69, 9.17) is 9.47 Å². The lowest BCUT2D eigenvalue weighted by molar-refractivity contribution is -0.145. The number of halogens is 1. The van der Waals surface area contributed by atoms with Gasteiger partial charge in [-0.2, -0.15) is 0 Å². The molecule has 2 aromatic carbocycles. The van der Waals surface area contributed by atoms with Gasteiger partial charge < -0.3 is 30.1 Å². The van der Waals surface area contributed by atoms with Crippen LogP contribution in [0.2, 0.25) is 0 Å². The van der Waals surface area contributed by atoms with E-state index in [2.05, 4.69) is 15.6 Å². The highest BCUT2D eigenvalue weighted by Gasteiger charge is 2.61. The molecule has 2 aliphatic heterocycles. The largest absolute Gasteiger partial charge is 0.497 e. The number of aliphatic carboxylic acids is 1. The summed E-state index contributed by atoms with van der Waals surface area (Å²) in [6, 6.07) is 10.0. The number of nitrogens with one attached hydrogen (secondary N) is 2. The zero-order chi connectivity index (χ0) is 30.8. The number of benzene rings is 2. The summed E-state index contributed by atoms with van der Waals surface area (Å²) >= 11 is 1.19. The summed E-state index contributed by atoms with van der Waals surface area (Å²) in [5.74, 6) is -1.92. The van der Waals surface area contributed by atoms with E-state index in [9.17, 15) is 23.9 Å². The molecule has 232 valence electrons. The molecule has 0 unspecified atom stereocenters. The molecule has 2 amide bonds. The van der Waals surface area contributed by atoms with E-state index in [1.54, 1.807) is 13.2 Å². The Morgan fingerprint density at radius 2 is 2.07 bits per heavy atom. The molecule has 5 atom stereocenters. The van der Waals surface area contributed by atoms with Gasteiger partial charge in [0.05, 0.1) is 23.9 Å². The molecular weight excluding hydrogens is 587 g/mol. The normalized spacial score (nSPS) is 28.2. The van der Waals surface area contributed by atoms with Crippen molar-refractivity contribution in [1.82, 2.24) is 15.2 Å². The summed E-state index contributed by atoms with van der Waals surface area (Å²) in [7, 11) is 1.58. The van der Waals surface area contributed by atoms with Crippen molar-refractivity contribution in [2.45, 2.75) is 68.7 Å². The van der Waals surface area contributed by atoms with Gasteiger partial charge in [0.25, 0.3) is 5.19 Å². The lowest BCUT2D eigenvalue weighted by Gasteiger charge is -2.30. The number of amides is 2. The summed E-state index contributed by atoms with van der Waals surface area (Å²) in [5.41, 5.74) is -0.0905. The number of carboxylic acid groups (broad SMARTS) is 1. The average Bonchev–Trinajstić information content (AvgIpc) is 3.32. The predicted molar refractivity (Wildman–Crippen MR) is 163 cm³/mol. The molecule has 1 aliphatic carbocycles. The molecule has 1 saturated heterocycles. The first-order valence-electron chi connectivity index (χ1n) is 14.9. The highest BCUT2D eigenvalue weighted by atomic mass is 32.1. The number of methoxy groups -OCH3 is 1. The molecule has 44 heavy (non-hydrogen) atoms. The van der Waals surface area contributed by atoms with Crippen molar-refractivity contribution in [2.75, 3.05) is 19.0 Å². The number of hydrogen-bond acceptors (Lipinski definition) is 8. The smallest absolute Gasteiger partial charge is 0.330 e. The molecule has 3 aromatic rings. The van der Waals surface area contributed by atoms with Gasteiger partial charge in [-0.25, -0.2) is 14.2 Å². The van der Waals surface area contributed by atoms with Crippen LogP contribution < -0.4 is 20.1 Å². The number of carboxylic acids is 1. The standard InChI is InChI=1S/C32H35FN4O6S/c1-42-22-10-7-9-21(15-22)34-25-11-6-4-2-3-5-8-19-17-32(19,30(40)41)36-28(38)26-16-23(18-37(26)29(25)39)43-31-35-24-13-12-20(33)14-27(24)44-31/h5,7-10,12-15,19,23,25-26,34H,2-4,6,11,16-18H2,1H3,(H,36,38)(H,40,41)/b8-5-/t19-,23+,25-,26-,32+/m0/s1. The van der Waals surface area contributed by atoms with E-state index < -0.39 is 35.6 Å². The lowest BCUT2D eigenvalue weighted by Crippen LogP contribution is -2.55. The number of carbonyl (C=O) groups is 3. The fourth-order valence-electron chi connectivity index (χ4n) is 6.13. The number of fused-ring (bicyclic) bond motifs is 3. The van der Waals surface area contributed by atoms with Crippen LogP contribution in [0.15, 0.2) is 54.6 Å². The Morgan fingerprint density at radius 1 is 1.20 bits per heavy atom. The molecule has 2 fully saturated rings. The monoisotopic (exact) mass is 622 g/mol. The predicted octanol–water partition coefficient (Wildman–Crippen LogP) is 4.75. The first kappa shape index (κ1) is 29.9. The van der Waals surface area contributed by atoms with Gasteiger partial charge in [-0.1, -0.05) is 42.4 Å². The number of ether oxygens (including phenoxy) is 2. The van der Waals surface area contributed by atoms with E-state index in [0.717, 1.165) is 25.7 Å². The van der Waals surface area contributed by atoms with Crippen molar-refractivity contribution >= 4 is 45.0 Å². The maximum Gasteiger partial charge on any atom is 0.330 e. The van der Waals surface area contributed by atoms with Gasteiger partial charge in [0.15, 0.2) is 0 Å². The highest BCUT2D eigenvalue weighted by Crippen LogP contribution is 2.45. The molecule has 3 heterocycles. The fourth-order valence-corrected chi connectivity index (χ4v) is 7.04. The molecular formula is C32H35FN4O6S. The fraction of sp³-hybridized carbons (Fsp3) is 0.438. The summed E-state index contributed by atoms with van der Waals surface area (Å²) in [4.78, 5) is 46.4. The maximum absolute atomic E-state index is 14.3. The van der Waals surface area contributed by atoms with Crippen LogP contribution >= 0.6 is 11.3 Å². The Balaban J connectivity index is 1.29. The molecule has 1 saturated carbocycles. The van der Waals surface area contributed by atoms with Crippen LogP contribution in [0, 0.1) is 11.7 Å². The van der Waals surface area contributed by atoms with Crippen molar-refractivity contribution in [3.05, 3.63) is 60.4 Å². The summed E-state index contributed by atoms with van der Waals surface area (Å²) in [6.07, 6.45) is 7.70. The number of nitrogens with zero attached hydrogens (tertiary/aromatic N) is 2. The summed E-state index contributed by atoms with van der Waals surface area (Å²) in [5, 5.41) is 16.5. The van der Waals surface area contributed by atoms with Crippen molar-refractivity contribution in [3.63, 3.8) is 0 Å². The Labute approximate surface area is 258 Å². The molecule has 6 rings (SSSR count). The van der Waals surface area contributed by atoms with Crippen LogP contribution in [0.1, 0.15) is 44.9 Å². The third kappa shape index (κ3) is 6.21. The van der Waals surface area contributed by atoms with E-state index >= 15 is 0 Å². The van der Waals surface area contributed by atoms with E-state index in [-0.39, 0.29) is 30.6 Å². The third-order valence-corrected chi connectivity index (χ3v) is 9.54. The molecule has 12 heteroatoms. The average molecular weight is 623 g/mol. The Hall–Kier alpha value is -4.19. The maximum atomic E-state index is 14.3. The summed E-state index contributed by atoms with van der Waals surface area (Å²) < 4.78 is 25.9. The molecule has 0 bridgehead atoms. The van der Waals surface area contributed by atoms with Gasteiger partial charge in [0, 0.05) is 24.1 Å². The quantitative estimate of drug-likeness (QED) is 0.336. The molecule has 0 spiro atoms. The number of anilines is 1. The summed E-state index contributed by atoms with van der Waals surface area (Å²) in [6.45, 7) is 0.112. The van der Waals surface area contributed by atoms with Crippen LogP contribution in [0.25, 0.3) is 10.2 Å². The van der Waals surface area contributed by atoms with Crippen molar-refractivity contribution in [3.8, 4) is 10.9 Å². The van der Waals surface area contributed by atoms with Crippen LogP contribution in [0.4, 0.5) is 10.1 Å². The lowest BCUT2D eigenvalue weighted by atomic mass is 10.0. The molecule has 1 aromatic heterocycles. The van der Waals surface area contributed by atoms with Crippen LogP contribution in [-0.4, -0.2) is 70.2 Å². The van der Waals surface area contributed by atoms with Gasteiger partial charge in [-0.3, -0.25) is 9.59 Å². The molecule has 3 aliphatic rings. The molecule has 0 radical (unpaired) electrons. The SMILES string of the molecule is COc1cccc(N[C@H]2CCCCC/C=C\[C@H]3C[C@@]3(C(=O)O)NC(=O)[C@@H]3C[C@@H](Oc4nc5ccc(F)cc5s4)CN3C2=O)c1. The Bertz CT molecular complexity index is 1600. The van der Waals surface area contributed by atoms with Crippen LogP contribution in [0.3, 0.4) is 0 Å². The van der Waals surface area contributed by atoms with Gasteiger partial charge in [0.1, 0.15) is 35.3 Å². The Kier molecular flexibility index (Phi) is 8.44. The van der Waals surface area contributed by atoms with Crippen LogP contribution in [-0.2, 0) is 14.4 Å². The van der Waals surface area contributed by atoms with Crippen molar-refractivity contribution in [2.24, 2.45) is 5.92 Å². The second-order valence-corrected chi connectivity index (χ2v) is 12.6. The minimum absolute atomic E-state index is 0.112. The second-order valence-electron chi connectivity index (χ2n) is 11.6. The Morgan fingerprint density at radius 3 is 2.89 bits per heavy atom. The van der Waals surface area contributed by atoms with Crippen molar-refractivity contribution < 1.29 is 33.4 Å². The zero-order valence-electron chi connectivity index (χ0n) is 24.3. The van der Waals surface area contributed by atoms with E-state index in [0.29, 0.717) is 39.7 Å². The van der Waals surface area contributed by atoms with Gasteiger partial charge >= 0.3 is 5.97 Å². The molecule has 10 nitrogen and oxygen atoms in total. The number of rotatable bonds is 6. The number of carbonyl (C=O) groups excluding carboxylic acids is 2. The number of allylic oxidation sites excluding steroid dienone is 1. The van der Waals surface area contributed by atoms with Crippen molar-refractivity contribution in [1.29, 1.82) is 0 Å². The zero-order valence-corrected chi connectivity index (χ0v) is 25.1. The minimum atomic E-state index is -1.39. The van der Waals surface area contributed by atoms with Gasteiger partial charge in [0.2, 0.25) is 11.8 Å². The van der Waals surface area contributed by atoms with E-state index in [1.807, 2.05) is 36.4 Å². The highest BCUT2D eigenvalue weighted by molar-refractivity contribution is 7.20. The first-order chi connectivity index (χ1) is 21.3. The minimum Gasteiger partial charge on any atom is -0.497 e. The third-order valence-electron chi connectivity index (χ3n) is 8.63. The van der Waals surface area contributed by atoms with E-state index in [1.165, 1.54) is 28.4 Å². The first-order valence-corrected chi connectivity index (χ1v) is 15.7. The van der Waals surface area contributed by atoms with Crippen LogP contribution in [0.5, 0.6) is 10.9 Å². The number of aromatic nitrogens is 1. The van der Waals surface area contributed by atoms with Gasteiger partial charge in [-0.05, 0) is 56.0 Å². The second kappa shape index (κ2) is 12.4. The topological polar surface area (TPSA) is 130 Å². The molecule has 3 N–H and O–H groups in total.